The van der Waals surface area contributed by atoms with Crippen LogP contribution in [0.1, 0.15) is 64.0 Å². The number of ether oxygens (including phenoxy) is 3. The van der Waals surface area contributed by atoms with Gasteiger partial charge < -0.3 is 19.3 Å². The summed E-state index contributed by atoms with van der Waals surface area (Å²) in [7, 11) is 3.31. The summed E-state index contributed by atoms with van der Waals surface area (Å²) in [4.78, 5) is 2.41. The van der Waals surface area contributed by atoms with E-state index in [9.17, 15) is 5.11 Å². The maximum absolute atomic E-state index is 11.3. The molecule has 0 aliphatic carbocycles. The molecule has 192 valence electrons. The number of nitrogens with zero attached hydrogens (tertiary/aromatic N) is 1. The molecule has 2 aromatic rings. The first-order valence-corrected chi connectivity index (χ1v) is 12.9. The molecule has 3 rings (SSSR count). The van der Waals surface area contributed by atoms with Gasteiger partial charge in [-0.1, -0.05) is 43.7 Å². The van der Waals surface area contributed by atoms with Crippen molar-refractivity contribution in [3.05, 3.63) is 65.7 Å². The monoisotopic (exact) mass is 481 g/mol. The Balaban J connectivity index is 1.63. The zero-order valence-corrected chi connectivity index (χ0v) is 22.2. The zero-order valence-electron chi connectivity index (χ0n) is 22.2. The summed E-state index contributed by atoms with van der Waals surface area (Å²) < 4.78 is 16.9. The van der Waals surface area contributed by atoms with E-state index in [1.807, 2.05) is 24.3 Å². The molecule has 3 unspecified atom stereocenters. The highest BCUT2D eigenvalue weighted by Crippen LogP contribution is 2.35. The fraction of sp³-hybridized carbons (Fsp3) is 0.533. The third-order valence-corrected chi connectivity index (χ3v) is 7.50. The van der Waals surface area contributed by atoms with E-state index in [0.29, 0.717) is 5.75 Å². The van der Waals surface area contributed by atoms with E-state index < -0.39 is 11.8 Å². The maximum atomic E-state index is 11.3. The van der Waals surface area contributed by atoms with Crippen molar-refractivity contribution in [2.24, 2.45) is 0 Å². The van der Waals surface area contributed by atoms with E-state index in [0.717, 1.165) is 62.1 Å². The maximum Gasteiger partial charge on any atom is 0.215 e. The van der Waals surface area contributed by atoms with E-state index in [1.165, 1.54) is 17.5 Å². The summed E-state index contributed by atoms with van der Waals surface area (Å²) in [6.07, 6.45) is 6.18. The highest BCUT2D eigenvalue weighted by atomic mass is 16.6. The summed E-state index contributed by atoms with van der Waals surface area (Å²) in [6.45, 7) is 11.5. The quantitative estimate of drug-likeness (QED) is 0.290. The summed E-state index contributed by atoms with van der Waals surface area (Å²) in [5, 5.41) is 11.3. The van der Waals surface area contributed by atoms with Crippen molar-refractivity contribution in [2.75, 3.05) is 20.8 Å². The number of rotatable bonds is 12. The van der Waals surface area contributed by atoms with Crippen molar-refractivity contribution in [2.45, 2.75) is 83.6 Å². The SMILES string of the molecule is C=C(C)C1CCCCN1C(C)(CC)C(O)Oc1cccc(CCCc2ccc(OC)c(OC)c2)c1. The van der Waals surface area contributed by atoms with Crippen molar-refractivity contribution in [3.63, 3.8) is 0 Å². The topological polar surface area (TPSA) is 51.2 Å². The van der Waals surface area contributed by atoms with Gasteiger partial charge in [0.25, 0.3) is 0 Å². The van der Waals surface area contributed by atoms with Crippen LogP contribution in [0.4, 0.5) is 0 Å². The number of hydrogen-bond donors (Lipinski definition) is 1. The first-order valence-electron chi connectivity index (χ1n) is 12.9. The molecule has 1 heterocycles. The van der Waals surface area contributed by atoms with Crippen LogP contribution in [0.15, 0.2) is 54.6 Å². The summed E-state index contributed by atoms with van der Waals surface area (Å²) in [6, 6.07) is 14.5. The van der Waals surface area contributed by atoms with E-state index in [1.54, 1.807) is 14.2 Å². The lowest BCUT2D eigenvalue weighted by Gasteiger charge is -2.49. The van der Waals surface area contributed by atoms with Gasteiger partial charge in [-0.2, -0.15) is 0 Å². The zero-order chi connectivity index (χ0) is 25.4. The number of aryl methyl sites for hydroxylation is 2. The van der Waals surface area contributed by atoms with Gasteiger partial charge in [0.2, 0.25) is 6.29 Å². The average Bonchev–Trinajstić information content (AvgIpc) is 2.88. The molecule has 0 amide bonds. The van der Waals surface area contributed by atoms with Gasteiger partial charge in [0.15, 0.2) is 11.5 Å². The van der Waals surface area contributed by atoms with Gasteiger partial charge in [0, 0.05) is 6.04 Å². The van der Waals surface area contributed by atoms with Crippen molar-refractivity contribution in [1.29, 1.82) is 0 Å². The number of methoxy groups -OCH3 is 2. The first kappa shape index (κ1) is 27.1. The van der Waals surface area contributed by atoms with Crippen LogP contribution >= 0.6 is 0 Å². The highest BCUT2D eigenvalue weighted by molar-refractivity contribution is 5.43. The van der Waals surface area contributed by atoms with Crippen LogP contribution in [0.2, 0.25) is 0 Å². The summed E-state index contributed by atoms with van der Waals surface area (Å²) >= 11 is 0. The molecule has 1 aliphatic rings. The minimum Gasteiger partial charge on any atom is -0.493 e. The largest absolute Gasteiger partial charge is 0.493 e. The third kappa shape index (κ3) is 6.59. The Morgan fingerprint density at radius 3 is 2.46 bits per heavy atom. The molecule has 0 saturated carbocycles. The van der Waals surface area contributed by atoms with Gasteiger partial charge in [0.05, 0.1) is 19.8 Å². The van der Waals surface area contributed by atoms with Gasteiger partial charge >= 0.3 is 0 Å². The predicted molar refractivity (Wildman–Crippen MR) is 143 cm³/mol. The number of aliphatic hydroxyl groups excluding tert-OH is 1. The van der Waals surface area contributed by atoms with E-state index in [2.05, 4.69) is 50.4 Å². The lowest BCUT2D eigenvalue weighted by molar-refractivity contribution is -0.144. The highest BCUT2D eigenvalue weighted by Gasteiger charge is 2.43. The molecule has 5 nitrogen and oxygen atoms in total. The third-order valence-electron chi connectivity index (χ3n) is 7.50. The Bertz CT molecular complexity index is 975. The van der Waals surface area contributed by atoms with E-state index in [-0.39, 0.29) is 6.04 Å². The molecular weight excluding hydrogens is 438 g/mol. The molecule has 1 aliphatic heterocycles. The molecule has 1 fully saturated rings. The van der Waals surface area contributed by atoms with E-state index in [4.69, 9.17) is 14.2 Å². The normalized spacial score (nSPS) is 19.0. The second-order valence-corrected chi connectivity index (χ2v) is 9.92. The number of likely N-dealkylation sites (tertiary alicyclic amines) is 1. The molecule has 35 heavy (non-hydrogen) atoms. The van der Waals surface area contributed by atoms with Crippen LogP contribution in [-0.2, 0) is 12.8 Å². The Hall–Kier alpha value is -2.50. The fourth-order valence-corrected chi connectivity index (χ4v) is 5.14. The Labute approximate surface area is 211 Å². The van der Waals surface area contributed by atoms with Crippen LogP contribution in [0.3, 0.4) is 0 Å². The van der Waals surface area contributed by atoms with Crippen LogP contribution in [0.5, 0.6) is 17.2 Å². The molecular formula is C30H43NO4. The smallest absolute Gasteiger partial charge is 0.215 e. The van der Waals surface area contributed by atoms with Crippen molar-refractivity contribution in [1.82, 2.24) is 4.90 Å². The van der Waals surface area contributed by atoms with Gasteiger partial charge in [-0.15, -0.1) is 0 Å². The van der Waals surface area contributed by atoms with Crippen LogP contribution < -0.4 is 14.2 Å². The molecule has 3 atom stereocenters. The molecule has 0 spiro atoms. The first-order chi connectivity index (χ1) is 16.8. The van der Waals surface area contributed by atoms with Crippen molar-refractivity contribution in [3.8, 4) is 17.2 Å². The van der Waals surface area contributed by atoms with Crippen LogP contribution in [0.25, 0.3) is 0 Å². The van der Waals surface area contributed by atoms with Gasteiger partial charge in [0.1, 0.15) is 5.75 Å². The fourth-order valence-electron chi connectivity index (χ4n) is 5.14. The van der Waals surface area contributed by atoms with Crippen molar-refractivity contribution >= 4 is 0 Å². The Kier molecular flexibility index (Phi) is 9.64. The average molecular weight is 482 g/mol. The number of benzene rings is 2. The summed E-state index contributed by atoms with van der Waals surface area (Å²) in [5.41, 5.74) is 3.10. The van der Waals surface area contributed by atoms with Gasteiger partial charge in [-0.05, 0) is 94.3 Å². The minimum absolute atomic E-state index is 0.287. The number of hydrogen-bond acceptors (Lipinski definition) is 5. The van der Waals surface area contributed by atoms with Gasteiger partial charge in [-0.25, -0.2) is 0 Å². The molecule has 1 saturated heterocycles. The molecule has 2 aromatic carbocycles. The van der Waals surface area contributed by atoms with Crippen molar-refractivity contribution < 1.29 is 19.3 Å². The lowest BCUT2D eigenvalue weighted by Crippen LogP contribution is -2.61. The lowest BCUT2D eigenvalue weighted by atomic mass is 9.87. The van der Waals surface area contributed by atoms with Crippen LogP contribution in [0, 0.1) is 0 Å². The second kappa shape index (κ2) is 12.5. The molecule has 0 radical (unpaired) electrons. The second-order valence-electron chi connectivity index (χ2n) is 9.92. The summed E-state index contributed by atoms with van der Waals surface area (Å²) in [5.74, 6) is 2.22. The molecule has 0 aromatic heterocycles. The number of aliphatic hydroxyl groups is 1. The number of piperidine rings is 1. The van der Waals surface area contributed by atoms with Gasteiger partial charge in [-0.3, -0.25) is 4.90 Å². The Morgan fingerprint density at radius 2 is 1.80 bits per heavy atom. The Morgan fingerprint density at radius 1 is 1.09 bits per heavy atom. The molecule has 5 heteroatoms. The molecule has 0 bridgehead atoms. The standard InChI is InChI=1S/C30H43NO4/c1-7-30(4,31-19-9-8-16-26(31)22(2)3)29(32)35-25-15-11-14-23(20-25)12-10-13-24-17-18-27(33-5)28(21-24)34-6/h11,14-15,17-18,20-21,26,29,32H,2,7-10,12-13,16,19H2,1,3-6H3. The predicted octanol–water partition coefficient (Wildman–Crippen LogP) is 6.18. The van der Waals surface area contributed by atoms with E-state index >= 15 is 0 Å². The minimum atomic E-state index is -0.922. The molecule has 1 N–H and O–H groups in total. The van der Waals surface area contributed by atoms with Crippen LogP contribution in [-0.4, -0.2) is 48.6 Å².